The Hall–Kier alpha value is -4.06. The number of anilines is 1. The largest absolute Gasteiger partial charge is 0.369 e. The van der Waals surface area contributed by atoms with Gasteiger partial charge < -0.3 is 10.6 Å². The van der Waals surface area contributed by atoms with Gasteiger partial charge in [-0.05, 0) is 65.4 Å². The molecule has 3 aromatic rings. The van der Waals surface area contributed by atoms with E-state index in [1.165, 1.54) is 0 Å². The number of pyridine rings is 1. The molecule has 33 heavy (non-hydrogen) atoms. The maximum absolute atomic E-state index is 9.08. The molecule has 0 spiro atoms. The lowest BCUT2D eigenvalue weighted by atomic mass is 9.97. The Morgan fingerprint density at radius 3 is 2.82 bits per heavy atom. The minimum absolute atomic E-state index is 0.245. The minimum Gasteiger partial charge on any atom is -0.369 e. The normalized spacial score (nSPS) is 14.9. The molecule has 4 rings (SSSR count). The average Bonchev–Trinajstić information content (AvgIpc) is 3.55. The molecule has 1 aliphatic rings. The molecule has 9 nitrogen and oxygen atoms in total. The van der Waals surface area contributed by atoms with Crippen LogP contribution in [-0.4, -0.2) is 37.2 Å². The second kappa shape index (κ2) is 11.0. The van der Waals surface area contributed by atoms with Gasteiger partial charge in [0.25, 0.3) is 0 Å². The van der Waals surface area contributed by atoms with E-state index in [4.69, 9.17) is 11.0 Å². The molecule has 168 valence electrons. The highest BCUT2D eigenvalue weighted by Crippen LogP contribution is 2.32. The van der Waals surface area contributed by atoms with Crippen LogP contribution in [0.25, 0.3) is 5.57 Å². The maximum atomic E-state index is 9.08. The molecular weight excluding hydrogens is 414 g/mol. The van der Waals surface area contributed by atoms with Crippen LogP contribution < -0.4 is 10.6 Å². The molecule has 1 fully saturated rings. The van der Waals surface area contributed by atoms with Crippen molar-refractivity contribution in [3.63, 3.8) is 0 Å². The van der Waals surface area contributed by atoms with Crippen molar-refractivity contribution in [2.24, 2.45) is 10.7 Å². The molecule has 2 heterocycles. The third-order valence-electron chi connectivity index (χ3n) is 5.84. The van der Waals surface area contributed by atoms with Gasteiger partial charge in [-0.2, -0.15) is 5.26 Å². The van der Waals surface area contributed by atoms with E-state index in [1.54, 1.807) is 17.2 Å². The summed E-state index contributed by atoms with van der Waals surface area (Å²) in [7, 11) is 0. The quantitative estimate of drug-likeness (QED) is 0.246. The van der Waals surface area contributed by atoms with E-state index in [1.807, 2.05) is 35.5 Å². The predicted octanol–water partition coefficient (Wildman–Crippen LogP) is 3.52. The molecule has 1 aliphatic carbocycles. The number of unbranched alkanes of at least 4 members (excludes halogenated alkanes) is 1. The van der Waals surface area contributed by atoms with Gasteiger partial charge in [0.2, 0.25) is 12.2 Å². The summed E-state index contributed by atoms with van der Waals surface area (Å²) in [5, 5.41) is 20.4. The smallest absolute Gasteiger partial charge is 0.212 e. The second-order valence-electron chi connectivity index (χ2n) is 8.00. The summed E-state index contributed by atoms with van der Waals surface area (Å²) < 4.78 is 1.73. The number of tetrazole rings is 1. The van der Waals surface area contributed by atoms with E-state index < -0.39 is 0 Å². The number of nitrogens with zero attached hydrogens (tertiary/aromatic N) is 8. The van der Waals surface area contributed by atoms with Gasteiger partial charge in [0.15, 0.2) is 0 Å². The van der Waals surface area contributed by atoms with Crippen molar-refractivity contribution in [2.45, 2.75) is 51.1 Å². The Labute approximate surface area is 193 Å². The van der Waals surface area contributed by atoms with Gasteiger partial charge in [0.1, 0.15) is 6.33 Å². The van der Waals surface area contributed by atoms with Crippen molar-refractivity contribution >= 4 is 17.2 Å². The first-order valence-corrected chi connectivity index (χ1v) is 11.2. The van der Waals surface area contributed by atoms with Gasteiger partial charge in [-0.1, -0.05) is 37.1 Å². The summed E-state index contributed by atoms with van der Waals surface area (Å²) >= 11 is 0. The summed E-state index contributed by atoms with van der Waals surface area (Å²) in [6.07, 6.45) is 15.5. The highest BCUT2D eigenvalue weighted by molar-refractivity contribution is 5.96. The standard InChI is InChI=1S/C24H27N9/c25-17-28-24(26)33(21-9-1-2-10-21)22-11-5-7-19(15-22)23(20-8-6-13-27-16-20)12-3-4-14-32-18-29-30-31-32/h5-8,11-13,15-16,18,21H,1-4,9-10,14H2,(H2,26,28). The first-order chi connectivity index (χ1) is 16.3. The molecule has 0 aliphatic heterocycles. The fraction of sp³-hybridized carbons (Fsp3) is 0.333. The molecule has 0 amide bonds. The van der Waals surface area contributed by atoms with Crippen LogP contribution in [0, 0.1) is 11.5 Å². The lowest BCUT2D eigenvalue weighted by molar-refractivity contribution is 0.563. The van der Waals surface area contributed by atoms with E-state index in [2.05, 4.69) is 49.8 Å². The summed E-state index contributed by atoms with van der Waals surface area (Å²) in [4.78, 5) is 10.2. The van der Waals surface area contributed by atoms with Crippen molar-refractivity contribution in [1.82, 2.24) is 25.2 Å². The van der Waals surface area contributed by atoms with Crippen molar-refractivity contribution in [2.75, 3.05) is 4.90 Å². The van der Waals surface area contributed by atoms with Crippen LogP contribution in [0.15, 0.2) is 66.2 Å². The number of hydrogen-bond acceptors (Lipinski definition) is 6. The van der Waals surface area contributed by atoms with Crippen LogP contribution >= 0.6 is 0 Å². The number of rotatable bonds is 8. The van der Waals surface area contributed by atoms with Crippen molar-refractivity contribution in [3.05, 3.63) is 72.3 Å². The zero-order valence-corrected chi connectivity index (χ0v) is 18.5. The van der Waals surface area contributed by atoms with Gasteiger partial charge in [0.05, 0.1) is 0 Å². The van der Waals surface area contributed by atoms with Gasteiger partial charge in [0, 0.05) is 36.2 Å². The van der Waals surface area contributed by atoms with E-state index in [-0.39, 0.29) is 12.0 Å². The Balaban J connectivity index is 1.64. The molecule has 2 N–H and O–H groups in total. The second-order valence-corrected chi connectivity index (χ2v) is 8.00. The first kappa shape index (κ1) is 22.1. The van der Waals surface area contributed by atoms with Crippen LogP contribution in [0.3, 0.4) is 0 Å². The van der Waals surface area contributed by atoms with Crippen molar-refractivity contribution in [3.8, 4) is 6.19 Å². The Morgan fingerprint density at radius 1 is 1.24 bits per heavy atom. The number of hydrogen-bond donors (Lipinski definition) is 1. The number of aryl methyl sites for hydroxylation is 1. The first-order valence-electron chi connectivity index (χ1n) is 11.2. The van der Waals surface area contributed by atoms with Gasteiger partial charge >= 0.3 is 0 Å². The fourth-order valence-electron chi connectivity index (χ4n) is 4.33. The predicted molar refractivity (Wildman–Crippen MR) is 127 cm³/mol. The monoisotopic (exact) mass is 441 g/mol. The summed E-state index contributed by atoms with van der Waals surface area (Å²) in [6.45, 7) is 0.750. The van der Waals surface area contributed by atoms with Crippen molar-refractivity contribution < 1.29 is 0 Å². The molecule has 1 saturated carbocycles. The number of allylic oxidation sites excluding steroid dienone is 1. The topological polar surface area (TPSA) is 122 Å². The summed E-state index contributed by atoms with van der Waals surface area (Å²) in [5.41, 5.74) is 10.4. The molecule has 1 aromatic carbocycles. The molecule has 0 radical (unpaired) electrons. The number of aliphatic imine (C=N–C) groups is 1. The lowest BCUT2D eigenvalue weighted by Crippen LogP contribution is -2.43. The van der Waals surface area contributed by atoms with Crippen LogP contribution in [0.2, 0.25) is 0 Å². The SMILES string of the molecule is N#CN=C(N)N(c1cccc(C(=CCCCn2cnnn2)c2cccnc2)c1)C1CCCC1. The van der Waals surface area contributed by atoms with Gasteiger partial charge in [-0.3, -0.25) is 4.98 Å². The van der Waals surface area contributed by atoms with Crippen molar-refractivity contribution in [1.29, 1.82) is 5.26 Å². The molecule has 9 heteroatoms. The third kappa shape index (κ3) is 5.60. The molecular formula is C24H27N9. The highest BCUT2D eigenvalue weighted by Gasteiger charge is 2.26. The molecule has 0 unspecified atom stereocenters. The van der Waals surface area contributed by atoms with E-state index in [0.29, 0.717) is 0 Å². The number of aromatic nitrogens is 5. The number of nitrogens with two attached hydrogens (primary N) is 1. The zero-order valence-electron chi connectivity index (χ0n) is 18.5. The third-order valence-corrected chi connectivity index (χ3v) is 5.84. The lowest BCUT2D eigenvalue weighted by Gasteiger charge is -2.30. The fourth-order valence-corrected chi connectivity index (χ4v) is 4.33. The molecule has 0 atom stereocenters. The van der Waals surface area contributed by atoms with Crippen LogP contribution in [-0.2, 0) is 6.54 Å². The van der Waals surface area contributed by atoms with Crippen LogP contribution in [0.1, 0.15) is 49.7 Å². The molecule has 2 aromatic heterocycles. The van der Waals surface area contributed by atoms with E-state index >= 15 is 0 Å². The van der Waals surface area contributed by atoms with Crippen LogP contribution in [0.4, 0.5) is 5.69 Å². The summed E-state index contributed by atoms with van der Waals surface area (Å²) in [5.74, 6) is 0.245. The number of guanidine groups is 1. The van der Waals surface area contributed by atoms with E-state index in [9.17, 15) is 0 Å². The number of benzene rings is 1. The zero-order chi connectivity index (χ0) is 22.9. The van der Waals surface area contributed by atoms with Gasteiger partial charge in [-0.25, -0.2) is 4.68 Å². The Kier molecular flexibility index (Phi) is 7.38. The molecule has 0 saturated heterocycles. The maximum Gasteiger partial charge on any atom is 0.212 e. The molecule has 0 bridgehead atoms. The average molecular weight is 442 g/mol. The summed E-state index contributed by atoms with van der Waals surface area (Å²) in [6, 6.07) is 12.5. The highest BCUT2D eigenvalue weighted by atomic mass is 15.5. The van der Waals surface area contributed by atoms with Crippen LogP contribution in [0.5, 0.6) is 0 Å². The number of nitriles is 1. The Bertz CT molecular complexity index is 1120. The van der Waals surface area contributed by atoms with E-state index in [0.717, 1.165) is 67.5 Å². The minimum atomic E-state index is 0.245. The van der Waals surface area contributed by atoms with Gasteiger partial charge in [-0.15, -0.1) is 10.1 Å². The Morgan fingerprint density at radius 2 is 2.09 bits per heavy atom.